The summed E-state index contributed by atoms with van der Waals surface area (Å²) in [5.41, 5.74) is 0.896. The van der Waals surface area contributed by atoms with Crippen LogP contribution in [0.15, 0.2) is 48.5 Å². The van der Waals surface area contributed by atoms with E-state index in [9.17, 15) is 14.4 Å². The van der Waals surface area contributed by atoms with Crippen molar-refractivity contribution in [3.63, 3.8) is 0 Å². The Bertz CT molecular complexity index is 922. The third kappa shape index (κ3) is 7.30. The van der Waals surface area contributed by atoms with Crippen LogP contribution in [-0.2, 0) is 14.3 Å². The standard InChI is InChI=1S/C24H28N2O6/c1-30-21-9-5-8-19(14-21)26-22(27)15-31-20-12-10-17(11-13-20)24(29)32-16-23(28)25-18-6-3-2-4-7-18/h5,8-14,18H,2-4,6-7,15-16H2,1H3,(H,25,28)(H,26,27). The van der Waals surface area contributed by atoms with Crippen molar-refractivity contribution in [3.8, 4) is 11.5 Å². The number of anilines is 1. The van der Waals surface area contributed by atoms with Crippen molar-refractivity contribution >= 4 is 23.5 Å². The van der Waals surface area contributed by atoms with Crippen LogP contribution >= 0.6 is 0 Å². The van der Waals surface area contributed by atoms with Crippen LogP contribution in [0, 0.1) is 0 Å². The highest BCUT2D eigenvalue weighted by Gasteiger charge is 2.17. The Hall–Kier alpha value is -3.55. The van der Waals surface area contributed by atoms with E-state index in [0.29, 0.717) is 22.7 Å². The van der Waals surface area contributed by atoms with Gasteiger partial charge in [-0.25, -0.2) is 4.79 Å². The van der Waals surface area contributed by atoms with E-state index in [0.717, 1.165) is 25.7 Å². The van der Waals surface area contributed by atoms with Gasteiger partial charge in [-0.1, -0.05) is 25.3 Å². The zero-order valence-corrected chi connectivity index (χ0v) is 18.1. The topological polar surface area (TPSA) is 103 Å². The normalized spacial score (nSPS) is 13.7. The Morgan fingerprint density at radius 1 is 0.906 bits per heavy atom. The average molecular weight is 440 g/mol. The lowest BCUT2D eigenvalue weighted by atomic mass is 9.95. The molecule has 8 nitrogen and oxygen atoms in total. The molecule has 2 aromatic rings. The molecule has 0 aromatic heterocycles. The fourth-order valence-electron chi connectivity index (χ4n) is 3.46. The van der Waals surface area contributed by atoms with Crippen molar-refractivity contribution in [2.24, 2.45) is 0 Å². The lowest BCUT2D eigenvalue weighted by Gasteiger charge is -2.22. The van der Waals surface area contributed by atoms with Crippen LogP contribution in [0.25, 0.3) is 0 Å². The van der Waals surface area contributed by atoms with Crippen LogP contribution < -0.4 is 20.1 Å². The van der Waals surface area contributed by atoms with E-state index in [1.165, 1.54) is 18.6 Å². The molecule has 1 fully saturated rings. The van der Waals surface area contributed by atoms with E-state index in [1.54, 1.807) is 43.5 Å². The van der Waals surface area contributed by atoms with Gasteiger partial charge in [0.2, 0.25) is 0 Å². The molecule has 0 atom stereocenters. The number of amides is 2. The fourth-order valence-corrected chi connectivity index (χ4v) is 3.46. The van der Waals surface area contributed by atoms with Gasteiger partial charge in [-0.2, -0.15) is 0 Å². The molecular formula is C24H28N2O6. The molecular weight excluding hydrogens is 412 g/mol. The Balaban J connectivity index is 1.40. The van der Waals surface area contributed by atoms with Gasteiger partial charge in [0.15, 0.2) is 13.2 Å². The predicted molar refractivity (Wildman–Crippen MR) is 119 cm³/mol. The SMILES string of the molecule is COc1cccc(NC(=O)COc2ccc(C(=O)OCC(=O)NC3CCCCC3)cc2)c1. The molecule has 32 heavy (non-hydrogen) atoms. The van der Waals surface area contributed by atoms with Gasteiger partial charge in [0.25, 0.3) is 11.8 Å². The number of carbonyl (C=O) groups is 3. The Kier molecular flexibility index (Phi) is 8.48. The van der Waals surface area contributed by atoms with Gasteiger partial charge in [-0.15, -0.1) is 0 Å². The van der Waals surface area contributed by atoms with Gasteiger partial charge in [0.05, 0.1) is 12.7 Å². The first-order valence-electron chi connectivity index (χ1n) is 10.7. The van der Waals surface area contributed by atoms with E-state index in [1.807, 2.05) is 0 Å². The smallest absolute Gasteiger partial charge is 0.338 e. The molecule has 0 unspecified atom stereocenters. The number of methoxy groups -OCH3 is 1. The molecule has 1 aliphatic rings. The van der Waals surface area contributed by atoms with Gasteiger partial charge >= 0.3 is 5.97 Å². The van der Waals surface area contributed by atoms with Crippen molar-refractivity contribution in [2.45, 2.75) is 38.1 Å². The van der Waals surface area contributed by atoms with Gasteiger partial charge in [0.1, 0.15) is 11.5 Å². The summed E-state index contributed by atoms with van der Waals surface area (Å²) in [4.78, 5) is 36.2. The summed E-state index contributed by atoms with van der Waals surface area (Å²) in [6.07, 6.45) is 5.37. The highest BCUT2D eigenvalue weighted by Crippen LogP contribution is 2.18. The summed E-state index contributed by atoms with van der Waals surface area (Å²) in [5.74, 6) is -0.140. The summed E-state index contributed by atoms with van der Waals surface area (Å²) < 4.78 is 15.7. The number of carbonyl (C=O) groups excluding carboxylic acids is 3. The molecule has 0 heterocycles. The van der Waals surface area contributed by atoms with Crippen LogP contribution in [0.3, 0.4) is 0 Å². The second-order valence-corrected chi connectivity index (χ2v) is 7.57. The summed E-state index contributed by atoms with van der Waals surface area (Å²) >= 11 is 0. The molecule has 0 radical (unpaired) electrons. The molecule has 0 saturated heterocycles. The second kappa shape index (κ2) is 11.7. The Morgan fingerprint density at radius 3 is 2.38 bits per heavy atom. The first kappa shape index (κ1) is 23.1. The largest absolute Gasteiger partial charge is 0.497 e. The number of hydrogen-bond donors (Lipinski definition) is 2. The second-order valence-electron chi connectivity index (χ2n) is 7.57. The molecule has 0 spiro atoms. The minimum absolute atomic E-state index is 0.174. The zero-order valence-electron chi connectivity index (χ0n) is 18.1. The van der Waals surface area contributed by atoms with Gasteiger partial charge in [-0.05, 0) is 49.2 Å². The monoisotopic (exact) mass is 440 g/mol. The lowest BCUT2D eigenvalue weighted by molar-refractivity contribution is -0.125. The molecule has 170 valence electrons. The number of benzene rings is 2. The molecule has 2 amide bonds. The van der Waals surface area contributed by atoms with Crippen LogP contribution in [0.5, 0.6) is 11.5 Å². The van der Waals surface area contributed by atoms with Crippen LogP contribution in [0.2, 0.25) is 0 Å². The molecule has 8 heteroatoms. The Labute approximate surface area is 187 Å². The number of esters is 1. The molecule has 3 rings (SSSR count). The number of hydrogen-bond acceptors (Lipinski definition) is 6. The molecule has 2 N–H and O–H groups in total. The minimum atomic E-state index is -0.592. The summed E-state index contributed by atoms with van der Waals surface area (Å²) in [6, 6.07) is 13.4. The molecule has 0 bridgehead atoms. The number of rotatable bonds is 9. The van der Waals surface area contributed by atoms with Crippen LogP contribution in [0.1, 0.15) is 42.5 Å². The fraction of sp³-hybridized carbons (Fsp3) is 0.375. The number of ether oxygens (including phenoxy) is 3. The quantitative estimate of drug-likeness (QED) is 0.580. The van der Waals surface area contributed by atoms with Gasteiger partial charge in [0, 0.05) is 17.8 Å². The van der Waals surface area contributed by atoms with Crippen molar-refractivity contribution in [1.82, 2.24) is 5.32 Å². The molecule has 1 aliphatic carbocycles. The highest BCUT2D eigenvalue weighted by molar-refractivity contribution is 5.92. The minimum Gasteiger partial charge on any atom is -0.497 e. The van der Waals surface area contributed by atoms with E-state index in [2.05, 4.69) is 10.6 Å². The summed E-state index contributed by atoms with van der Waals surface area (Å²) in [5, 5.41) is 5.62. The van der Waals surface area contributed by atoms with E-state index >= 15 is 0 Å². The zero-order chi connectivity index (χ0) is 22.8. The first-order valence-corrected chi connectivity index (χ1v) is 10.7. The molecule has 1 saturated carbocycles. The maximum absolute atomic E-state index is 12.2. The predicted octanol–water partition coefficient (Wildman–Crippen LogP) is 3.32. The summed E-state index contributed by atoms with van der Waals surface area (Å²) in [6.45, 7) is -0.500. The van der Waals surface area contributed by atoms with E-state index in [-0.39, 0.29) is 31.1 Å². The van der Waals surface area contributed by atoms with Crippen molar-refractivity contribution in [1.29, 1.82) is 0 Å². The van der Waals surface area contributed by atoms with Crippen LogP contribution in [-0.4, -0.2) is 44.1 Å². The Morgan fingerprint density at radius 2 is 1.66 bits per heavy atom. The molecule has 2 aromatic carbocycles. The third-order valence-corrected chi connectivity index (χ3v) is 5.12. The average Bonchev–Trinajstić information content (AvgIpc) is 2.82. The molecule has 0 aliphatic heterocycles. The lowest BCUT2D eigenvalue weighted by Crippen LogP contribution is -2.38. The third-order valence-electron chi connectivity index (χ3n) is 5.12. The van der Waals surface area contributed by atoms with Crippen LogP contribution in [0.4, 0.5) is 5.69 Å². The van der Waals surface area contributed by atoms with Crippen molar-refractivity contribution in [2.75, 3.05) is 25.6 Å². The summed E-state index contributed by atoms with van der Waals surface area (Å²) in [7, 11) is 1.55. The van der Waals surface area contributed by atoms with E-state index in [4.69, 9.17) is 14.2 Å². The van der Waals surface area contributed by atoms with Crippen molar-refractivity contribution in [3.05, 3.63) is 54.1 Å². The van der Waals surface area contributed by atoms with Gasteiger partial charge in [-0.3, -0.25) is 9.59 Å². The first-order chi connectivity index (χ1) is 15.5. The highest BCUT2D eigenvalue weighted by atomic mass is 16.5. The van der Waals surface area contributed by atoms with E-state index < -0.39 is 5.97 Å². The maximum Gasteiger partial charge on any atom is 0.338 e. The maximum atomic E-state index is 12.2. The number of nitrogens with one attached hydrogen (secondary N) is 2. The van der Waals surface area contributed by atoms with Gasteiger partial charge < -0.3 is 24.8 Å². The van der Waals surface area contributed by atoms with Crippen molar-refractivity contribution < 1.29 is 28.6 Å².